The van der Waals surface area contributed by atoms with E-state index in [4.69, 9.17) is 0 Å². The van der Waals surface area contributed by atoms with E-state index >= 15 is 0 Å². The molecule has 0 unspecified atom stereocenters. The molecule has 5 heteroatoms. The molecule has 0 spiro atoms. The van der Waals surface area contributed by atoms with E-state index in [1.54, 1.807) is 17.8 Å². The van der Waals surface area contributed by atoms with Gasteiger partial charge in [-0.2, -0.15) is 4.68 Å². The van der Waals surface area contributed by atoms with Gasteiger partial charge in [0.2, 0.25) is 0 Å². The Kier molecular flexibility index (Phi) is 3.72. The molecule has 0 aliphatic heterocycles. The van der Waals surface area contributed by atoms with Crippen molar-refractivity contribution in [1.29, 1.82) is 0 Å². The standard InChI is InChI=1S/C13H18N4O/c1-4-11-15-12(5-2)17(16-11)13-7-6-10(8-14-13)9(3)18/h6-9,18H,4-5H2,1-3H3/t9-/m1/s1. The molecule has 2 aromatic rings. The van der Waals surface area contributed by atoms with E-state index in [0.717, 1.165) is 35.9 Å². The Bertz CT molecular complexity index is 516. The third-order valence-corrected chi connectivity index (χ3v) is 2.82. The predicted octanol–water partition coefficient (Wildman–Crippen LogP) is 1.84. The lowest BCUT2D eigenvalue weighted by atomic mass is 10.2. The molecule has 0 saturated heterocycles. The number of rotatable bonds is 4. The molecule has 18 heavy (non-hydrogen) atoms. The van der Waals surface area contributed by atoms with E-state index in [1.807, 2.05) is 26.0 Å². The number of aromatic nitrogens is 4. The average molecular weight is 246 g/mol. The predicted molar refractivity (Wildman–Crippen MR) is 68.5 cm³/mol. The fraction of sp³-hybridized carbons (Fsp3) is 0.462. The maximum absolute atomic E-state index is 9.45. The molecule has 2 heterocycles. The monoisotopic (exact) mass is 246 g/mol. The van der Waals surface area contributed by atoms with Gasteiger partial charge in [-0.15, -0.1) is 5.10 Å². The lowest BCUT2D eigenvalue weighted by molar-refractivity contribution is 0.199. The number of aryl methyl sites for hydroxylation is 2. The second-order valence-corrected chi connectivity index (χ2v) is 4.19. The third-order valence-electron chi connectivity index (χ3n) is 2.82. The van der Waals surface area contributed by atoms with Gasteiger partial charge in [0.05, 0.1) is 6.10 Å². The Hall–Kier alpha value is -1.75. The smallest absolute Gasteiger partial charge is 0.155 e. The van der Waals surface area contributed by atoms with Crippen LogP contribution in [-0.2, 0) is 12.8 Å². The second kappa shape index (κ2) is 5.27. The zero-order valence-electron chi connectivity index (χ0n) is 11.0. The number of nitrogens with zero attached hydrogens (tertiary/aromatic N) is 4. The van der Waals surface area contributed by atoms with Crippen molar-refractivity contribution in [3.05, 3.63) is 35.5 Å². The lowest BCUT2D eigenvalue weighted by Gasteiger charge is -2.06. The van der Waals surface area contributed by atoms with Gasteiger partial charge < -0.3 is 5.11 Å². The number of pyridine rings is 1. The van der Waals surface area contributed by atoms with Gasteiger partial charge >= 0.3 is 0 Å². The highest BCUT2D eigenvalue weighted by Gasteiger charge is 2.10. The van der Waals surface area contributed by atoms with Crippen LogP contribution in [0.3, 0.4) is 0 Å². The first-order valence-corrected chi connectivity index (χ1v) is 6.24. The molecule has 1 N–H and O–H groups in total. The SMILES string of the molecule is CCc1nc(CC)n(-c2ccc([C@@H](C)O)cn2)n1. The molecule has 5 nitrogen and oxygen atoms in total. The number of aliphatic hydroxyl groups is 1. The maximum atomic E-state index is 9.45. The Morgan fingerprint density at radius 1 is 1.28 bits per heavy atom. The van der Waals surface area contributed by atoms with Gasteiger partial charge in [-0.05, 0) is 18.6 Å². The minimum atomic E-state index is -0.501. The van der Waals surface area contributed by atoms with E-state index in [2.05, 4.69) is 15.1 Å². The van der Waals surface area contributed by atoms with Crippen molar-refractivity contribution in [2.75, 3.05) is 0 Å². The molecule has 0 saturated carbocycles. The summed E-state index contributed by atoms with van der Waals surface area (Å²) < 4.78 is 1.77. The molecule has 96 valence electrons. The van der Waals surface area contributed by atoms with Gasteiger partial charge in [0.25, 0.3) is 0 Å². The Morgan fingerprint density at radius 3 is 2.56 bits per heavy atom. The van der Waals surface area contributed by atoms with Crippen molar-refractivity contribution in [2.45, 2.75) is 39.7 Å². The molecule has 0 radical (unpaired) electrons. The van der Waals surface area contributed by atoms with Crippen LogP contribution in [-0.4, -0.2) is 24.9 Å². The summed E-state index contributed by atoms with van der Waals surface area (Å²) in [5.41, 5.74) is 0.799. The minimum Gasteiger partial charge on any atom is -0.389 e. The summed E-state index contributed by atoms with van der Waals surface area (Å²) in [5, 5.41) is 13.9. The number of aliphatic hydroxyl groups excluding tert-OH is 1. The summed E-state index contributed by atoms with van der Waals surface area (Å²) in [6.07, 6.45) is 2.80. The number of hydrogen-bond acceptors (Lipinski definition) is 4. The van der Waals surface area contributed by atoms with Gasteiger partial charge in [-0.3, -0.25) is 0 Å². The van der Waals surface area contributed by atoms with Crippen molar-refractivity contribution in [2.24, 2.45) is 0 Å². The van der Waals surface area contributed by atoms with E-state index in [9.17, 15) is 5.11 Å². The van der Waals surface area contributed by atoms with Crippen molar-refractivity contribution in [3.8, 4) is 5.82 Å². The first-order chi connectivity index (χ1) is 8.65. The second-order valence-electron chi connectivity index (χ2n) is 4.19. The molecule has 0 amide bonds. The molecule has 0 aliphatic rings. The zero-order chi connectivity index (χ0) is 13.1. The van der Waals surface area contributed by atoms with E-state index in [-0.39, 0.29) is 0 Å². The van der Waals surface area contributed by atoms with Crippen molar-refractivity contribution in [3.63, 3.8) is 0 Å². The highest BCUT2D eigenvalue weighted by molar-refractivity contribution is 5.26. The lowest BCUT2D eigenvalue weighted by Crippen LogP contribution is -2.05. The minimum absolute atomic E-state index is 0.501. The van der Waals surface area contributed by atoms with Crippen LogP contribution in [0, 0.1) is 0 Å². The summed E-state index contributed by atoms with van der Waals surface area (Å²) in [4.78, 5) is 8.77. The largest absolute Gasteiger partial charge is 0.389 e. The third kappa shape index (κ3) is 2.41. The molecular formula is C13H18N4O. The molecule has 2 rings (SSSR count). The van der Waals surface area contributed by atoms with Crippen LogP contribution in [0.5, 0.6) is 0 Å². The molecule has 0 bridgehead atoms. The van der Waals surface area contributed by atoms with E-state index in [0.29, 0.717) is 0 Å². The molecule has 2 aromatic heterocycles. The highest BCUT2D eigenvalue weighted by Crippen LogP contribution is 2.13. The molecule has 0 fully saturated rings. The van der Waals surface area contributed by atoms with Crippen LogP contribution in [0.2, 0.25) is 0 Å². The van der Waals surface area contributed by atoms with Crippen LogP contribution in [0.15, 0.2) is 18.3 Å². The van der Waals surface area contributed by atoms with Crippen LogP contribution < -0.4 is 0 Å². The van der Waals surface area contributed by atoms with Crippen molar-refractivity contribution in [1.82, 2.24) is 19.7 Å². The molecule has 0 aromatic carbocycles. The maximum Gasteiger partial charge on any atom is 0.155 e. The topological polar surface area (TPSA) is 63.8 Å². The van der Waals surface area contributed by atoms with Gasteiger partial charge in [0, 0.05) is 19.0 Å². The molecule has 1 atom stereocenters. The summed E-state index contributed by atoms with van der Waals surface area (Å²) in [6.45, 7) is 5.80. The quantitative estimate of drug-likeness (QED) is 0.894. The summed E-state index contributed by atoms with van der Waals surface area (Å²) in [6, 6.07) is 3.72. The fourth-order valence-corrected chi connectivity index (χ4v) is 1.72. The van der Waals surface area contributed by atoms with Gasteiger partial charge in [0.1, 0.15) is 5.82 Å². The first kappa shape index (κ1) is 12.7. The summed E-state index contributed by atoms with van der Waals surface area (Å²) in [5.74, 6) is 2.47. The number of hydrogen-bond donors (Lipinski definition) is 1. The van der Waals surface area contributed by atoms with Crippen molar-refractivity contribution < 1.29 is 5.11 Å². The fourth-order valence-electron chi connectivity index (χ4n) is 1.72. The van der Waals surface area contributed by atoms with Crippen LogP contribution >= 0.6 is 0 Å². The summed E-state index contributed by atoms with van der Waals surface area (Å²) >= 11 is 0. The van der Waals surface area contributed by atoms with Crippen LogP contribution in [0.4, 0.5) is 0 Å². The van der Waals surface area contributed by atoms with Crippen LogP contribution in [0.25, 0.3) is 5.82 Å². The first-order valence-electron chi connectivity index (χ1n) is 6.24. The van der Waals surface area contributed by atoms with Gasteiger partial charge in [-0.25, -0.2) is 9.97 Å². The average Bonchev–Trinajstić information content (AvgIpc) is 2.82. The van der Waals surface area contributed by atoms with E-state index in [1.165, 1.54) is 0 Å². The Labute approximate surface area is 107 Å². The van der Waals surface area contributed by atoms with Gasteiger partial charge in [-0.1, -0.05) is 19.9 Å². The molecule has 0 aliphatic carbocycles. The summed E-state index contributed by atoms with van der Waals surface area (Å²) in [7, 11) is 0. The normalized spacial score (nSPS) is 12.7. The Morgan fingerprint density at radius 2 is 2.06 bits per heavy atom. The zero-order valence-corrected chi connectivity index (χ0v) is 11.0. The Balaban J connectivity index is 2.38. The van der Waals surface area contributed by atoms with Gasteiger partial charge in [0.15, 0.2) is 11.6 Å². The highest BCUT2D eigenvalue weighted by atomic mass is 16.3. The van der Waals surface area contributed by atoms with Crippen LogP contribution in [0.1, 0.15) is 44.1 Å². The van der Waals surface area contributed by atoms with E-state index < -0.39 is 6.10 Å². The molecular weight excluding hydrogens is 228 g/mol. The van der Waals surface area contributed by atoms with Crippen molar-refractivity contribution >= 4 is 0 Å².